The second-order valence-electron chi connectivity index (χ2n) is 7.47. The molecule has 1 aliphatic heterocycles. The Morgan fingerprint density at radius 3 is 2.29 bits per heavy atom. The molecule has 0 aliphatic carbocycles. The third-order valence-corrected chi connectivity index (χ3v) is 6.98. The predicted molar refractivity (Wildman–Crippen MR) is 114 cm³/mol. The van der Waals surface area contributed by atoms with Crippen LogP contribution in [-0.2, 0) is 32.6 Å². The van der Waals surface area contributed by atoms with Gasteiger partial charge in [-0.2, -0.15) is 4.31 Å². The van der Waals surface area contributed by atoms with Gasteiger partial charge in [-0.15, -0.1) is 0 Å². The van der Waals surface area contributed by atoms with Gasteiger partial charge in [-0.05, 0) is 48.2 Å². The molecule has 0 saturated carbocycles. The van der Waals surface area contributed by atoms with Crippen molar-refractivity contribution in [2.75, 3.05) is 19.6 Å². The zero-order chi connectivity index (χ0) is 22.3. The summed E-state index contributed by atoms with van der Waals surface area (Å²) in [5, 5.41) is 5.17. The normalized spacial score (nSPS) is 14.7. The molecule has 166 valence electrons. The zero-order valence-corrected chi connectivity index (χ0v) is 18.0. The summed E-state index contributed by atoms with van der Waals surface area (Å²) in [6.45, 7) is 1.11. The fourth-order valence-electron chi connectivity index (χ4n) is 3.37. The van der Waals surface area contributed by atoms with Gasteiger partial charge in [0, 0.05) is 19.6 Å². The Hall–Kier alpha value is -2.78. The largest absolute Gasteiger partial charge is 0.350 e. The number of sulfonamides is 1. The van der Waals surface area contributed by atoms with Crippen LogP contribution >= 0.6 is 0 Å². The van der Waals surface area contributed by atoms with E-state index in [4.69, 9.17) is 0 Å². The second kappa shape index (κ2) is 10.5. The van der Waals surface area contributed by atoms with Gasteiger partial charge >= 0.3 is 0 Å². The maximum absolute atomic E-state index is 13.1. The lowest BCUT2D eigenvalue weighted by molar-refractivity contribution is -0.125. The summed E-state index contributed by atoms with van der Waals surface area (Å²) >= 11 is 0. The highest BCUT2D eigenvalue weighted by Crippen LogP contribution is 2.20. The number of rotatable bonds is 8. The Morgan fingerprint density at radius 1 is 0.903 bits per heavy atom. The number of carbonyl (C=O) groups excluding carboxylic acids is 2. The standard InChI is InChI=1S/C22H26FN3O4S/c23-19-6-4-5-18(13-19)14-21(27)25-16-22(28)24-15-17-7-9-20(10-8-17)31(29,30)26-11-2-1-3-12-26/h4-10,13H,1-3,11-12,14-16H2,(H,24,28)(H,25,27). The van der Waals surface area contributed by atoms with Gasteiger partial charge in [-0.3, -0.25) is 9.59 Å². The monoisotopic (exact) mass is 447 g/mol. The molecular formula is C22H26FN3O4S. The fourth-order valence-corrected chi connectivity index (χ4v) is 4.89. The third-order valence-electron chi connectivity index (χ3n) is 5.07. The van der Waals surface area contributed by atoms with E-state index in [1.165, 1.54) is 22.5 Å². The number of hydrogen-bond acceptors (Lipinski definition) is 4. The molecule has 9 heteroatoms. The molecule has 1 heterocycles. The molecular weight excluding hydrogens is 421 g/mol. The lowest BCUT2D eigenvalue weighted by Crippen LogP contribution is -2.37. The minimum absolute atomic E-state index is 0.0159. The van der Waals surface area contributed by atoms with Crippen LogP contribution in [-0.4, -0.2) is 44.2 Å². The third kappa shape index (κ3) is 6.60. The lowest BCUT2D eigenvalue weighted by Gasteiger charge is -2.25. The van der Waals surface area contributed by atoms with Crippen LogP contribution < -0.4 is 10.6 Å². The van der Waals surface area contributed by atoms with Gasteiger partial charge in [-0.25, -0.2) is 12.8 Å². The van der Waals surface area contributed by atoms with Gasteiger partial charge in [-0.1, -0.05) is 30.7 Å². The number of hydrogen-bond donors (Lipinski definition) is 2. The van der Waals surface area contributed by atoms with E-state index in [0.29, 0.717) is 18.7 Å². The molecule has 0 aromatic heterocycles. The van der Waals surface area contributed by atoms with Crippen molar-refractivity contribution in [3.8, 4) is 0 Å². The molecule has 0 atom stereocenters. The number of halogens is 1. The number of nitrogens with one attached hydrogen (secondary N) is 2. The van der Waals surface area contributed by atoms with E-state index in [1.54, 1.807) is 30.3 Å². The molecule has 1 aliphatic rings. The summed E-state index contributed by atoms with van der Waals surface area (Å²) in [5.41, 5.74) is 1.27. The first-order valence-corrected chi connectivity index (χ1v) is 11.7. The van der Waals surface area contributed by atoms with Gasteiger partial charge in [0.05, 0.1) is 17.9 Å². The summed E-state index contributed by atoms with van der Waals surface area (Å²) in [6, 6.07) is 12.2. The number of carbonyl (C=O) groups is 2. The van der Waals surface area contributed by atoms with E-state index >= 15 is 0 Å². The number of benzene rings is 2. The Kier molecular flexibility index (Phi) is 7.75. The van der Waals surface area contributed by atoms with E-state index < -0.39 is 15.8 Å². The molecule has 1 saturated heterocycles. The molecule has 2 aromatic rings. The summed E-state index contributed by atoms with van der Waals surface area (Å²) in [5.74, 6) is -1.18. The number of piperidine rings is 1. The fraction of sp³-hybridized carbons (Fsp3) is 0.364. The van der Waals surface area contributed by atoms with Gasteiger partial charge in [0.25, 0.3) is 0 Å². The van der Waals surface area contributed by atoms with Crippen LogP contribution in [0.5, 0.6) is 0 Å². The molecule has 0 unspecified atom stereocenters. The SMILES string of the molecule is O=C(CNC(=O)Cc1cccc(F)c1)NCc1ccc(S(=O)(=O)N2CCCCC2)cc1. The van der Waals surface area contributed by atoms with E-state index in [-0.39, 0.29) is 36.2 Å². The average Bonchev–Trinajstić information content (AvgIpc) is 2.77. The summed E-state index contributed by atoms with van der Waals surface area (Å²) in [7, 11) is -3.48. The molecule has 7 nitrogen and oxygen atoms in total. The van der Waals surface area contributed by atoms with E-state index in [2.05, 4.69) is 10.6 Å². The molecule has 3 rings (SSSR count). The van der Waals surface area contributed by atoms with Crippen LogP contribution in [0.3, 0.4) is 0 Å². The van der Waals surface area contributed by atoms with Crippen LogP contribution in [0.4, 0.5) is 4.39 Å². The van der Waals surface area contributed by atoms with Crippen LogP contribution in [0.1, 0.15) is 30.4 Å². The van der Waals surface area contributed by atoms with Crippen LogP contribution in [0.15, 0.2) is 53.4 Å². The van der Waals surface area contributed by atoms with Crippen molar-refractivity contribution < 1.29 is 22.4 Å². The maximum Gasteiger partial charge on any atom is 0.243 e. The molecule has 31 heavy (non-hydrogen) atoms. The van der Waals surface area contributed by atoms with Crippen molar-refractivity contribution in [3.05, 3.63) is 65.5 Å². The van der Waals surface area contributed by atoms with Crippen molar-refractivity contribution in [2.24, 2.45) is 0 Å². The molecule has 0 spiro atoms. The maximum atomic E-state index is 13.1. The smallest absolute Gasteiger partial charge is 0.243 e. The summed E-state index contributed by atoms with van der Waals surface area (Å²) in [4.78, 5) is 24.1. The van der Waals surface area contributed by atoms with Gasteiger partial charge in [0.15, 0.2) is 0 Å². The first kappa shape index (κ1) is 22.9. The number of amides is 2. The van der Waals surface area contributed by atoms with Crippen molar-refractivity contribution in [1.29, 1.82) is 0 Å². The molecule has 0 bridgehead atoms. The molecule has 2 N–H and O–H groups in total. The Labute approximate surface area is 181 Å². The minimum atomic E-state index is -3.48. The molecule has 2 amide bonds. The summed E-state index contributed by atoms with van der Waals surface area (Å²) in [6.07, 6.45) is 2.79. The number of nitrogens with zero attached hydrogens (tertiary/aromatic N) is 1. The van der Waals surface area contributed by atoms with Gasteiger partial charge in [0.2, 0.25) is 21.8 Å². The van der Waals surface area contributed by atoms with Crippen LogP contribution in [0, 0.1) is 5.82 Å². The van der Waals surface area contributed by atoms with Crippen molar-refractivity contribution in [1.82, 2.24) is 14.9 Å². The predicted octanol–water partition coefficient (Wildman–Crippen LogP) is 1.98. The first-order chi connectivity index (χ1) is 14.8. The Balaban J connectivity index is 1.44. The first-order valence-electron chi connectivity index (χ1n) is 10.2. The molecule has 2 aromatic carbocycles. The van der Waals surface area contributed by atoms with E-state index in [9.17, 15) is 22.4 Å². The second-order valence-corrected chi connectivity index (χ2v) is 9.41. The minimum Gasteiger partial charge on any atom is -0.350 e. The highest BCUT2D eigenvalue weighted by molar-refractivity contribution is 7.89. The summed E-state index contributed by atoms with van der Waals surface area (Å²) < 4.78 is 40.0. The highest BCUT2D eigenvalue weighted by atomic mass is 32.2. The Morgan fingerprint density at radius 2 is 1.61 bits per heavy atom. The van der Waals surface area contributed by atoms with Gasteiger partial charge in [0.1, 0.15) is 5.82 Å². The lowest BCUT2D eigenvalue weighted by atomic mass is 10.1. The zero-order valence-electron chi connectivity index (χ0n) is 17.1. The van der Waals surface area contributed by atoms with E-state index in [0.717, 1.165) is 24.8 Å². The molecule has 1 fully saturated rings. The average molecular weight is 448 g/mol. The van der Waals surface area contributed by atoms with Crippen molar-refractivity contribution in [3.63, 3.8) is 0 Å². The quantitative estimate of drug-likeness (QED) is 0.647. The molecule has 0 radical (unpaired) electrons. The van der Waals surface area contributed by atoms with Crippen LogP contribution in [0.25, 0.3) is 0 Å². The van der Waals surface area contributed by atoms with E-state index in [1.807, 2.05) is 0 Å². The van der Waals surface area contributed by atoms with Crippen LogP contribution in [0.2, 0.25) is 0 Å². The topological polar surface area (TPSA) is 95.6 Å². The Bertz CT molecular complexity index is 1020. The highest BCUT2D eigenvalue weighted by Gasteiger charge is 2.25. The van der Waals surface area contributed by atoms with Gasteiger partial charge < -0.3 is 10.6 Å². The van der Waals surface area contributed by atoms with Crippen molar-refractivity contribution in [2.45, 2.75) is 37.1 Å². The van der Waals surface area contributed by atoms with Crippen molar-refractivity contribution >= 4 is 21.8 Å².